The Balaban J connectivity index is 2.03. The lowest BCUT2D eigenvalue weighted by atomic mass is 9.86. The van der Waals surface area contributed by atoms with E-state index in [0.29, 0.717) is 11.8 Å². The number of phenols is 1. The number of hydrogen-bond acceptors (Lipinski definition) is 3. The Morgan fingerprint density at radius 1 is 1.37 bits per heavy atom. The second-order valence-electron chi connectivity index (χ2n) is 5.84. The van der Waals surface area contributed by atoms with E-state index in [1.165, 1.54) is 25.7 Å². The van der Waals surface area contributed by atoms with E-state index in [9.17, 15) is 5.11 Å². The van der Waals surface area contributed by atoms with Crippen molar-refractivity contribution in [1.29, 1.82) is 0 Å². The van der Waals surface area contributed by atoms with Crippen molar-refractivity contribution in [1.82, 2.24) is 4.90 Å². The predicted octanol–water partition coefficient (Wildman–Crippen LogP) is 3.41. The van der Waals surface area contributed by atoms with Gasteiger partial charge < -0.3 is 9.84 Å². The first kappa shape index (κ1) is 14.2. The van der Waals surface area contributed by atoms with Crippen molar-refractivity contribution in [2.45, 2.75) is 45.2 Å². The van der Waals surface area contributed by atoms with Gasteiger partial charge in [-0.1, -0.05) is 19.8 Å². The van der Waals surface area contributed by atoms with Gasteiger partial charge in [0.25, 0.3) is 0 Å². The van der Waals surface area contributed by atoms with Crippen LogP contribution in [0.5, 0.6) is 11.5 Å². The molecule has 1 N–H and O–H groups in total. The average molecular weight is 263 g/mol. The highest BCUT2D eigenvalue weighted by Gasteiger charge is 2.22. The molecule has 1 fully saturated rings. The van der Waals surface area contributed by atoms with Gasteiger partial charge in [-0.15, -0.1) is 0 Å². The fourth-order valence-corrected chi connectivity index (χ4v) is 3.02. The second kappa shape index (κ2) is 6.29. The van der Waals surface area contributed by atoms with Crippen LogP contribution in [0.4, 0.5) is 0 Å². The molecule has 2 atom stereocenters. The van der Waals surface area contributed by atoms with E-state index >= 15 is 0 Å². The van der Waals surface area contributed by atoms with E-state index in [0.717, 1.165) is 23.8 Å². The molecule has 0 aliphatic heterocycles. The summed E-state index contributed by atoms with van der Waals surface area (Å²) in [5.41, 5.74) is 0.945. The van der Waals surface area contributed by atoms with Gasteiger partial charge >= 0.3 is 0 Å². The topological polar surface area (TPSA) is 32.7 Å². The number of ether oxygens (including phenoxy) is 1. The lowest BCUT2D eigenvalue weighted by molar-refractivity contribution is 0.156. The second-order valence-corrected chi connectivity index (χ2v) is 5.84. The fraction of sp³-hybridized carbons (Fsp3) is 0.625. The van der Waals surface area contributed by atoms with Crippen molar-refractivity contribution in [3.05, 3.63) is 23.8 Å². The van der Waals surface area contributed by atoms with Gasteiger partial charge in [0.15, 0.2) is 0 Å². The number of benzene rings is 1. The molecular weight excluding hydrogens is 238 g/mol. The summed E-state index contributed by atoms with van der Waals surface area (Å²) in [5, 5.41) is 9.95. The maximum atomic E-state index is 9.95. The molecule has 2 unspecified atom stereocenters. The minimum atomic E-state index is 0.358. The number of nitrogens with zero attached hydrogens (tertiary/aromatic N) is 1. The van der Waals surface area contributed by atoms with Crippen LogP contribution in [0.15, 0.2) is 18.2 Å². The highest BCUT2D eigenvalue weighted by atomic mass is 16.5. The van der Waals surface area contributed by atoms with Gasteiger partial charge in [0.05, 0.1) is 7.11 Å². The van der Waals surface area contributed by atoms with Crippen molar-refractivity contribution in [3.8, 4) is 11.5 Å². The molecule has 0 bridgehead atoms. The van der Waals surface area contributed by atoms with Crippen molar-refractivity contribution >= 4 is 0 Å². The predicted molar refractivity (Wildman–Crippen MR) is 77.5 cm³/mol. The number of methoxy groups -OCH3 is 1. The summed E-state index contributed by atoms with van der Waals surface area (Å²) in [6.07, 6.45) is 5.21. The van der Waals surface area contributed by atoms with Crippen LogP contribution in [0, 0.1) is 5.92 Å². The van der Waals surface area contributed by atoms with E-state index in [1.807, 2.05) is 6.07 Å². The van der Waals surface area contributed by atoms with Crippen LogP contribution in [0.2, 0.25) is 0 Å². The molecule has 19 heavy (non-hydrogen) atoms. The number of aromatic hydroxyl groups is 1. The van der Waals surface area contributed by atoms with E-state index in [1.54, 1.807) is 19.2 Å². The lowest BCUT2D eigenvalue weighted by Gasteiger charge is -2.34. The Kier molecular flexibility index (Phi) is 4.70. The highest BCUT2D eigenvalue weighted by molar-refractivity contribution is 5.39. The zero-order valence-corrected chi connectivity index (χ0v) is 12.2. The molecule has 0 spiro atoms. The number of phenolic OH excluding ortho intramolecular Hbond substituents is 1. The van der Waals surface area contributed by atoms with E-state index in [2.05, 4.69) is 18.9 Å². The van der Waals surface area contributed by atoms with Gasteiger partial charge in [-0.05, 0) is 44.0 Å². The fourth-order valence-electron chi connectivity index (χ4n) is 3.02. The molecule has 0 radical (unpaired) electrons. The Hall–Kier alpha value is -1.22. The number of hydrogen-bond donors (Lipinski definition) is 1. The van der Waals surface area contributed by atoms with Crippen molar-refractivity contribution < 1.29 is 9.84 Å². The van der Waals surface area contributed by atoms with E-state index in [4.69, 9.17) is 4.74 Å². The number of rotatable bonds is 4. The van der Waals surface area contributed by atoms with Crippen LogP contribution < -0.4 is 4.74 Å². The van der Waals surface area contributed by atoms with Crippen LogP contribution in [-0.4, -0.2) is 30.2 Å². The van der Waals surface area contributed by atoms with Crippen LogP contribution >= 0.6 is 0 Å². The van der Waals surface area contributed by atoms with Crippen LogP contribution in [0.3, 0.4) is 0 Å². The van der Waals surface area contributed by atoms with Crippen molar-refractivity contribution in [2.75, 3.05) is 14.2 Å². The Morgan fingerprint density at radius 2 is 2.16 bits per heavy atom. The van der Waals surface area contributed by atoms with Gasteiger partial charge in [0.2, 0.25) is 0 Å². The summed E-state index contributed by atoms with van der Waals surface area (Å²) in [7, 11) is 3.81. The van der Waals surface area contributed by atoms with Gasteiger partial charge in [-0.2, -0.15) is 0 Å². The largest absolute Gasteiger partial charge is 0.508 e. The quantitative estimate of drug-likeness (QED) is 0.903. The Labute approximate surface area is 116 Å². The third kappa shape index (κ3) is 3.63. The molecule has 3 nitrogen and oxygen atoms in total. The molecule has 2 rings (SSSR count). The standard InChI is InChI=1S/C16H25NO2/c1-12-5-4-6-14(9-12)17(2)11-13-10-15(19-3)7-8-16(13)18/h7-8,10,12,14,18H,4-6,9,11H2,1-3H3. The van der Waals surface area contributed by atoms with Gasteiger partial charge in [0.1, 0.15) is 11.5 Å². The molecule has 1 aromatic carbocycles. The first-order valence-electron chi connectivity index (χ1n) is 7.16. The zero-order valence-electron chi connectivity index (χ0n) is 12.2. The molecule has 106 valence electrons. The Morgan fingerprint density at radius 3 is 2.84 bits per heavy atom. The third-order valence-corrected chi connectivity index (χ3v) is 4.24. The van der Waals surface area contributed by atoms with E-state index < -0.39 is 0 Å². The molecule has 1 saturated carbocycles. The first-order valence-corrected chi connectivity index (χ1v) is 7.16. The monoisotopic (exact) mass is 263 g/mol. The maximum Gasteiger partial charge on any atom is 0.120 e. The summed E-state index contributed by atoms with van der Waals surface area (Å²) >= 11 is 0. The normalized spacial score (nSPS) is 23.6. The molecule has 0 aromatic heterocycles. The molecule has 1 aliphatic rings. The van der Waals surface area contributed by atoms with Crippen LogP contribution in [0.1, 0.15) is 38.2 Å². The summed E-state index contributed by atoms with van der Waals surface area (Å²) in [6, 6.07) is 6.07. The van der Waals surface area contributed by atoms with Crippen molar-refractivity contribution in [3.63, 3.8) is 0 Å². The minimum Gasteiger partial charge on any atom is -0.508 e. The Bertz CT molecular complexity index is 419. The van der Waals surface area contributed by atoms with Crippen LogP contribution in [-0.2, 0) is 6.54 Å². The van der Waals surface area contributed by atoms with Gasteiger partial charge in [-0.25, -0.2) is 0 Å². The SMILES string of the molecule is COc1ccc(O)c(CN(C)C2CCCC(C)C2)c1. The average Bonchev–Trinajstić information content (AvgIpc) is 2.41. The molecule has 1 aromatic rings. The van der Waals surface area contributed by atoms with E-state index in [-0.39, 0.29) is 0 Å². The highest BCUT2D eigenvalue weighted by Crippen LogP contribution is 2.29. The van der Waals surface area contributed by atoms with Gasteiger partial charge in [-0.3, -0.25) is 4.90 Å². The molecule has 0 saturated heterocycles. The molecule has 0 amide bonds. The lowest BCUT2D eigenvalue weighted by Crippen LogP contribution is -2.35. The van der Waals surface area contributed by atoms with Crippen LogP contribution in [0.25, 0.3) is 0 Å². The minimum absolute atomic E-state index is 0.358. The molecule has 1 aliphatic carbocycles. The molecule has 0 heterocycles. The maximum absolute atomic E-state index is 9.95. The summed E-state index contributed by atoms with van der Waals surface area (Å²) < 4.78 is 5.22. The third-order valence-electron chi connectivity index (χ3n) is 4.24. The molecular formula is C16H25NO2. The van der Waals surface area contributed by atoms with Crippen molar-refractivity contribution in [2.24, 2.45) is 5.92 Å². The zero-order chi connectivity index (χ0) is 13.8. The first-order chi connectivity index (χ1) is 9.10. The summed E-state index contributed by atoms with van der Waals surface area (Å²) in [5.74, 6) is 1.98. The smallest absolute Gasteiger partial charge is 0.120 e. The summed E-state index contributed by atoms with van der Waals surface area (Å²) in [6.45, 7) is 3.11. The molecule has 3 heteroatoms. The summed E-state index contributed by atoms with van der Waals surface area (Å²) in [4.78, 5) is 2.37. The van der Waals surface area contributed by atoms with Gasteiger partial charge in [0, 0.05) is 18.2 Å².